The second-order valence-corrected chi connectivity index (χ2v) is 6.04. The van der Waals surface area contributed by atoms with Crippen LogP contribution in [0.25, 0.3) is 0 Å². The monoisotopic (exact) mass is 270 g/mol. The van der Waals surface area contributed by atoms with Gasteiger partial charge in [-0.05, 0) is 27.9 Å². The van der Waals surface area contributed by atoms with E-state index in [9.17, 15) is 0 Å². The Labute approximate surface area is 115 Å². The van der Waals surface area contributed by atoms with Gasteiger partial charge < -0.3 is 10.2 Å². The fourth-order valence-corrected chi connectivity index (χ4v) is 1.44. The summed E-state index contributed by atoms with van der Waals surface area (Å²) in [6.45, 7) is 9.25. The molecule has 1 heterocycles. The fourth-order valence-electron chi connectivity index (χ4n) is 1.25. The summed E-state index contributed by atoms with van der Waals surface area (Å²) in [4.78, 5) is 10.9. The Morgan fingerprint density at radius 3 is 2.44 bits per heavy atom. The molecule has 0 radical (unpaired) electrons. The molecule has 0 aliphatic heterocycles. The van der Waals surface area contributed by atoms with Crippen molar-refractivity contribution in [2.24, 2.45) is 0 Å². The predicted octanol–water partition coefficient (Wildman–Crippen LogP) is 3.01. The Balaban J connectivity index is 2.79. The molecule has 1 N–H and O–H groups in total. The van der Waals surface area contributed by atoms with Gasteiger partial charge in [0.15, 0.2) is 0 Å². The summed E-state index contributed by atoms with van der Waals surface area (Å²) < 4.78 is 0. The third-order valence-electron chi connectivity index (χ3n) is 3.14. The minimum Gasteiger partial charge on any atom is -0.368 e. The van der Waals surface area contributed by atoms with Crippen LogP contribution in [0.1, 0.15) is 39.4 Å². The van der Waals surface area contributed by atoms with Crippen LogP contribution in [0.2, 0.25) is 5.15 Å². The zero-order chi connectivity index (χ0) is 13.9. The number of nitrogens with zero attached hydrogens (tertiary/aromatic N) is 3. The Kier molecular flexibility index (Phi) is 4.93. The van der Waals surface area contributed by atoms with Crippen molar-refractivity contribution in [3.63, 3.8) is 0 Å². The average molecular weight is 271 g/mol. The highest BCUT2D eigenvalue weighted by Crippen LogP contribution is 2.18. The van der Waals surface area contributed by atoms with E-state index in [1.165, 1.54) is 0 Å². The van der Waals surface area contributed by atoms with Crippen LogP contribution < -0.4 is 5.32 Å². The Morgan fingerprint density at radius 1 is 1.33 bits per heavy atom. The zero-order valence-electron chi connectivity index (χ0n) is 12.1. The van der Waals surface area contributed by atoms with E-state index in [1.807, 2.05) is 0 Å². The lowest BCUT2D eigenvalue weighted by Crippen LogP contribution is -2.44. The van der Waals surface area contributed by atoms with Gasteiger partial charge in [0.05, 0.1) is 0 Å². The molecular weight excluding hydrogens is 248 g/mol. The molecular formula is C13H23ClN4. The first kappa shape index (κ1) is 15.2. The van der Waals surface area contributed by atoms with Gasteiger partial charge in [-0.15, -0.1) is 0 Å². The van der Waals surface area contributed by atoms with E-state index in [1.54, 1.807) is 6.07 Å². The van der Waals surface area contributed by atoms with E-state index in [2.05, 4.69) is 62.0 Å². The number of halogens is 1. The Bertz CT molecular complexity index is 402. The highest BCUT2D eigenvalue weighted by molar-refractivity contribution is 6.29. The van der Waals surface area contributed by atoms with Crippen molar-refractivity contribution >= 4 is 17.4 Å². The molecule has 0 aliphatic carbocycles. The van der Waals surface area contributed by atoms with Gasteiger partial charge in [0.1, 0.15) is 16.8 Å². The number of hydrogen-bond acceptors (Lipinski definition) is 4. The van der Waals surface area contributed by atoms with E-state index in [0.29, 0.717) is 5.15 Å². The van der Waals surface area contributed by atoms with Crippen molar-refractivity contribution < 1.29 is 0 Å². The highest BCUT2D eigenvalue weighted by Gasteiger charge is 2.20. The van der Waals surface area contributed by atoms with Crippen LogP contribution in [0, 0.1) is 0 Å². The van der Waals surface area contributed by atoms with E-state index in [0.717, 1.165) is 18.2 Å². The van der Waals surface area contributed by atoms with Crippen LogP contribution in [0.3, 0.4) is 0 Å². The van der Waals surface area contributed by atoms with Gasteiger partial charge in [0.25, 0.3) is 0 Å². The summed E-state index contributed by atoms with van der Waals surface area (Å²) in [7, 11) is 4.13. The number of hydrogen-bond donors (Lipinski definition) is 1. The van der Waals surface area contributed by atoms with Gasteiger partial charge in [0, 0.05) is 24.1 Å². The first-order chi connectivity index (χ1) is 8.22. The van der Waals surface area contributed by atoms with Gasteiger partial charge in [-0.2, -0.15) is 0 Å². The summed E-state index contributed by atoms with van der Waals surface area (Å²) in [5.74, 6) is 1.83. The molecule has 0 unspecified atom stereocenters. The number of aromatic nitrogens is 2. The van der Waals surface area contributed by atoms with Crippen molar-refractivity contribution in [3.8, 4) is 0 Å². The van der Waals surface area contributed by atoms with Crippen LogP contribution in [-0.2, 0) is 0 Å². The number of rotatable bonds is 5. The topological polar surface area (TPSA) is 41.1 Å². The van der Waals surface area contributed by atoms with Crippen molar-refractivity contribution in [1.29, 1.82) is 0 Å². The van der Waals surface area contributed by atoms with Gasteiger partial charge in [-0.1, -0.05) is 25.4 Å². The maximum atomic E-state index is 6.01. The Hall–Kier alpha value is -0.870. The smallest absolute Gasteiger partial charge is 0.135 e. The van der Waals surface area contributed by atoms with Crippen molar-refractivity contribution in [1.82, 2.24) is 14.9 Å². The molecule has 0 fully saturated rings. The summed E-state index contributed by atoms with van der Waals surface area (Å²) in [6.07, 6.45) is 0. The van der Waals surface area contributed by atoms with Gasteiger partial charge in [0.2, 0.25) is 0 Å². The second-order valence-electron chi connectivity index (χ2n) is 5.65. The van der Waals surface area contributed by atoms with E-state index in [4.69, 9.17) is 11.6 Å². The maximum Gasteiger partial charge on any atom is 0.135 e. The standard InChI is InChI=1S/C13H23ClN4/c1-9(2)12-16-10(14)7-11(17-12)15-8-13(3,4)18(5)6/h7,9H,8H2,1-6H3,(H,15,16,17). The number of anilines is 1. The molecule has 0 aliphatic rings. The summed E-state index contributed by atoms with van der Waals surface area (Å²) >= 11 is 6.01. The molecule has 18 heavy (non-hydrogen) atoms. The molecule has 0 saturated carbocycles. The first-order valence-corrected chi connectivity index (χ1v) is 6.56. The molecule has 0 saturated heterocycles. The largest absolute Gasteiger partial charge is 0.368 e. The molecule has 0 atom stereocenters. The van der Waals surface area contributed by atoms with E-state index >= 15 is 0 Å². The van der Waals surface area contributed by atoms with Crippen LogP contribution >= 0.6 is 11.6 Å². The highest BCUT2D eigenvalue weighted by atomic mass is 35.5. The molecule has 1 aromatic rings. The third kappa shape index (κ3) is 4.10. The lowest BCUT2D eigenvalue weighted by Gasteiger charge is -2.32. The van der Waals surface area contributed by atoms with E-state index in [-0.39, 0.29) is 11.5 Å². The molecule has 5 heteroatoms. The van der Waals surface area contributed by atoms with Gasteiger partial charge in [-0.25, -0.2) is 9.97 Å². The van der Waals surface area contributed by atoms with Crippen LogP contribution in [0.15, 0.2) is 6.07 Å². The fraction of sp³-hybridized carbons (Fsp3) is 0.692. The lowest BCUT2D eigenvalue weighted by atomic mass is 10.0. The molecule has 1 aromatic heterocycles. The summed E-state index contributed by atoms with van der Waals surface area (Å²) in [5, 5.41) is 3.81. The molecule has 0 aromatic carbocycles. The summed E-state index contributed by atoms with van der Waals surface area (Å²) in [6, 6.07) is 1.76. The average Bonchev–Trinajstić information content (AvgIpc) is 2.25. The third-order valence-corrected chi connectivity index (χ3v) is 3.33. The quantitative estimate of drug-likeness (QED) is 0.835. The molecule has 4 nitrogen and oxygen atoms in total. The van der Waals surface area contributed by atoms with Crippen LogP contribution in [-0.4, -0.2) is 41.0 Å². The van der Waals surface area contributed by atoms with Gasteiger partial charge >= 0.3 is 0 Å². The van der Waals surface area contributed by atoms with Crippen molar-refractivity contribution in [3.05, 3.63) is 17.0 Å². The molecule has 0 bridgehead atoms. The molecule has 0 amide bonds. The molecule has 0 spiro atoms. The van der Waals surface area contributed by atoms with E-state index < -0.39 is 0 Å². The summed E-state index contributed by atoms with van der Waals surface area (Å²) in [5.41, 5.74) is 0.0510. The maximum absolute atomic E-state index is 6.01. The minimum absolute atomic E-state index is 0.0510. The second kappa shape index (κ2) is 5.85. The first-order valence-electron chi connectivity index (χ1n) is 6.18. The Morgan fingerprint density at radius 2 is 1.94 bits per heavy atom. The lowest BCUT2D eigenvalue weighted by molar-refractivity contribution is 0.210. The molecule has 102 valence electrons. The molecule has 1 rings (SSSR count). The van der Waals surface area contributed by atoms with Crippen LogP contribution in [0.5, 0.6) is 0 Å². The number of likely N-dealkylation sites (N-methyl/N-ethyl adjacent to an activating group) is 1. The van der Waals surface area contributed by atoms with Gasteiger partial charge in [-0.3, -0.25) is 0 Å². The minimum atomic E-state index is 0.0510. The normalized spacial score (nSPS) is 12.3. The predicted molar refractivity (Wildman–Crippen MR) is 77.4 cm³/mol. The van der Waals surface area contributed by atoms with Crippen LogP contribution in [0.4, 0.5) is 5.82 Å². The number of nitrogens with one attached hydrogen (secondary N) is 1. The SMILES string of the molecule is CC(C)c1nc(Cl)cc(NCC(C)(C)N(C)C)n1. The van der Waals surface area contributed by atoms with Crippen molar-refractivity contribution in [2.75, 3.05) is 26.0 Å². The zero-order valence-corrected chi connectivity index (χ0v) is 12.8. The van der Waals surface area contributed by atoms with Crippen molar-refractivity contribution in [2.45, 2.75) is 39.2 Å².